The average Bonchev–Trinajstić information content (AvgIpc) is 2.51. The lowest BCUT2D eigenvalue weighted by Crippen LogP contribution is -2.49. The number of ether oxygens (including phenoxy) is 1. The van der Waals surface area contributed by atoms with Gasteiger partial charge in [-0.15, -0.1) is 4.83 Å². The molecule has 1 rings (SSSR count). The highest BCUT2D eigenvalue weighted by atomic mass is 32.2. The van der Waals surface area contributed by atoms with Gasteiger partial charge in [-0.2, -0.15) is 0 Å². The Kier molecular flexibility index (Phi) is 6.26. The number of phenolic OH excluding ortho intramolecular Hbond substituents is 1. The zero-order valence-corrected chi connectivity index (χ0v) is 13.9. The van der Waals surface area contributed by atoms with E-state index in [0.717, 1.165) is 25.3 Å². The number of methoxy groups -OCH3 is 1. The summed E-state index contributed by atoms with van der Waals surface area (Å²) in [4.78, 5) is 35.6. The third-order valence-corrected chi connectivity index (χ3v) is 3.85. The number of nitrogens with one attached hydrogen (secondary N) is 3. The smallest absolute Gasteiger partial charge is 0.341 e. The molecule has 1 aromatic rings. The molecule has 0 spiro atoms. The van der Waals surface area contributed by atoms with Crippen molar-refractivity contribution < 1.29 is 32.6 Å². The van der Waals surface area contributed by atoms with Crippen molar-refractivity contribution in [1.82, 2.24) is 15.6 Å². The van der Waals surface area contributed by atoms with E-state index in [9.17, 15) is 27.9 Å². The van der Waals surface area contributed by atoms with Gasteiger partial charge in [-0.3, -0.25) is 15.0 Å². The predicted molar refractivity (Wildman–Crippen MR) is 81.2 cm³/mol. The number of carbonyl (C=O) groups is 3. The lowest BCUT2D eigenvalue weighted by molar-refractivity contribution is -0.139. The Morgan fingerprint density at radius 1 is 1.17 bits per heavy atom. The lowest BCUT2D eigenvalue weighted by atomic mass is 10.2. The molecule has 24 heavy (non-hydrogen) atoms. The minimum absolute atomic E-state index is 0.306. The van der Waals surface area contributed by atoms with Crippen LogP contribution >= 0.6 is 0 Å². The number of amides is 2. The Morgan fingerprint density at radius 3 is 2.33 bits per heavy atom. The van der Waals surface area contributed by atoms with Crippen molar-refractivity contribution in [3.8, 4) is 5.75 Å². The van der Waals surface area contributed by atoms with Crippen LogP contribution in [0.4, 0.5) is 0 Å². The van der Waals surface area contributed by atoms with Gasteiger partial charge in [0.25, 0.3) is 10.0 Å². The van der Waals surface area contributed by atoms with E-state index in [0.29, 0.717) is 0 Å². The highest BCUT2D eigenvalue weighted by Gasteiger charge is 2.22. The van der Waals surface area contributed by atoms with E-state index in [4.69, 9.17) is 0 Å². The fraction of sp³-hybridized carbons (Fsp3) is 0.308. The molecule has 0 atom stereocenters. The van der Waals surface area contributed by atoms with Crippen molar-refractivity contribution in [2.45, 2.75) is 24.8 Å². The molecule has 0 saturated carbocycles. The number of esters is 1. The van der Waals surface area contributed by atoms with E-state index < -0.39 is 38.5 Å². The van der Waals surface area contributed by atoms with E-state index >= 15 is 0 Å². The normalized spacial score (nSPS) is 11.0. The van der Waals surface area contributed by atoms with Gasteiger partial charge in [0, 0.05) is 6.04 Å². The SMILES string of the molecule is COC(=O)c1cc(S(=O)(=O)NNC(=O)C(=O)NC(C)C)ccc1O. The van der Waals surface area contributed by atoms with Gasteiger partial charge >= 0.3 is 17.8 Å². The third-order valence-electron chi connectivity index (χ3n) is 2.61. The van der Waals surface area contributed by atoms with Crippen molar-refractivity contribution >= 4 is 27.8 Å². The lowest BCUT2D eigenvalue weighted by Gasteiger charge is -2.11. The van der Waals surface area contributed by atoms with Crippen LogP contribution in [0.25, 0.3) is 0 Å². The summed E-state index contributed by atoms with van der Waals surface area (Å²) in [6.07, 6.45) is 0. The first-order valence-corrected chi connectivity index (χ1v) is 8.10. The minimum atomic E-state index is -4.28. The molecule has 0 bridgehead atoms. The molecule has 4 N–H and O–H groups in total. The number of sulfonamides is 1. The van der Waals surface area contributed by atoms with Crippen molar-refractivity contribution in [3.05, 3.63) is 23.8 Å². The van der Waals surface area contributed by atoms with Crippen molar-refractivity contribution in [1.29, 1.82) is 0 Å². The van der Waals surface area contributed by atoms with Gasteiger partial charge in [0.1, 0.15) is 11.3 Å². The molecule has 0 aliphatic carbocycles. The zero-order chi connectivity index (χ0) is 18.5. The van der Waals surface area contributed by atoms with Crippen LogP contribution in [0, 0.1) is 0 Å². The summed E-state index contributed by atoms with van der Waals surface area (Å²) in [6.45, 7) is 3.25. The van der Waals surface area contributed by atoms with Crippen molar-refractivity contribution in [3.63, 3.8) is 0 Å². The molecule has 2 amide bonds. The number of hydrazine groups is 1. The van der Waals surface area contributed by atoms with Crippen LogP contribution in [0.15, 0.2) is 23.1 Å². The number of carbonyl (C=O) groups excluding carboxylic acids is 3. The molecular weight excluding hydrogens is 342 g/mol. The van der Waals surface area contributed by atoms with Crippen molar-refractivity contribution in [2.75, 3.05) is 7.11 Å². The Bertz CT molecular complexity index is 759. The molecule has 0 aliphatic rings. The average molecular weight is 359 g/mol. The van der Waals surface area contributed by atoms with Gasteiger partial charge in [-0.1, -0.05) is 0 Å². The van der Waals surface area contributed by atoms with Crippen LogP contribution in [-0.2, 0) is 24.3 Å². The first-order valence-electron chi connectivity index (χ1n) is 6.62. The van der Waals surface area contributed by atoms with Crippen LogP contribution < -0.4 is 15.6 Å². The molecule has 0 aromatic heterocycles. The van der Waals surface area contributed by atoms with Crippen LogP contribution in [0.3, 0.4) is 0 Å². The molecule has 0 fully saturated rings. The van der Waals surface area contributed by atoms with Crippen LogP contribution in [0.1, 0.15) is 24.2 Å². The molecule has 0 heterocycles. The Hall–Kier alpha value is -2.66. The number of hydrogen-bond acceptors (Lipinski definition) is 7. The summed E-state index contributed by atoms with van der Waals surface area (Å²) in [5.41, 5.74) is 1.37. The number of hydrogen-bond donors (Lipinski definition) is 4. The predicted octanol–water partition coefficient (Wildman–Crippen LogP) is -0.987. The summed E-state index contributed by atoms with van der Waals surface area (Å²) in [6, 6.07) is 2.54. The number of phenols is 1. The second kappa shape index (κ2) is 7.75. The quantitative estimate of drug-likeness (QED) is 0.299. The molecule has 10 nitrogen and oxygen atoms in total. The summed E-state index contributed by atoms with van der Waals surface area (Å²) < 4.78 is 28.5. The molecule has 11 heteroatoms. The van der Waals surface area contributed by atoms with Gasteiger partial charge in [-0.25, -0.2) is 13.2 Å². The van der Waals surface area contributed by atoms with Gasteiger partial charge < -0.3 is 15.2 Å². The largest absolute Gasteiger partial charge is 0.507 e. The van der Waals surface area contributed by atoms with E-state index in [1.54, 1.807) is 24.1 Å². The van der Waals surface area contributed by atoms with Crippen LogP contribution in [0.2, 0.25) is 0 Å². The molecule has 0 aliphatic heterocycles. The maximum absolute atomic E-state index is 12.1. The number of benzene rings is 1. The van der Waals surface area contributed by atoms with Crippen LogP contribution in [-0.4, -0.2) is 44.5 Å². The molecule has 0 unspecified atom stereocenters. The second-order valence-corrected chi connectivity index (χ2v) is 6.54. The monoisotopic (exact) mass is 359 g/mol. The highest BCUT2D eigenvalue weighted by molar-refractivity contribution is 7.89. The standard InChI is InChI=1S/C13H17N3O7S/c1-7(2)14-11(18)12(19)15-16-24(21,22)8-4-5-10(17)9(6-8)13(20)23-3/h4-7,16-17H,1-3H3,(H,14,18)(H,15,19). The van der Waals surface area contributed by atoms with E-state index in [1.165, 1.54) is 0 Å². The number of aromatic hydroxyl groups is 1. The Morgan fingerprint density at radius 2 is 1.79 bits per heavy atom. The highest BCUT2D eigenvalue weighted by Crippen LogP contribution is 2.21. The Balaban J connectivity index is 2.92. The van der Waals surface area contributed by atoms with Crippen molar-refractivity contribution in [2.24, 2.45) is 0 Å². The van der Waals surface area contributed by atoms with E-state index in [1.807, 2.05) is 0 Å². The maximum Gasteiger partial charge on any atom is 0.341 e. The summed E-state index contributed by atoms with van der Waals surface area (Å²) in [5.74, 6) is -3.64. The second-order valence-electron chi connectivity index (χ2n) is 4.86. The summed E-state index contributed by atoms with van der Waals surface area (Å²) >= 11 is 0. The summed E-state index contributed by atoms with van der Waals surface area (Å²) in [7, 11) is -3.21. The van der Waals surface area contributed by atoms with E-state index in [2.05, 4.69) is 10.1 Å². The van der Waals surface area contributed by atoms with Crippen LogP contribution in [0.5, 0.6) is 5.75 Å². The van der Waals surface area contributed by atoms with Gasteiger partial charge in [0.15, 0.2) is 0 Å². The fourth-order valence-corrected chi connectivity index (χ4v) is 2.38. The molecular formula is C13H17N3O7S. The van der Waals surface area contributed by atoms with E-state index in [-0.39, 0.29) is 11.6 Å². The molecule has 132 valence electrons. The van der Waals surface area contributed by atoms with Gasteiger partial charge in [0.2, 0.25) is 0 Å². The first-order chi connectivity index (χ1) is 11.1. The zero-order valence-electron chi connectivity index (χ0n) is 13.1. The third kappa shape index (κ3) is 4.93. The molecule has 0 radical (unpaired) electrons. The molecule has 0 saturated heterocycles. The minimum Gasteiger partial charge on any atom is -0.507 e. The Labute approximate surface area is 138 Å². The van der Waals surface area contributed by atoms with Gasteiger partial charge in [-0.05, 0) is 32.0 Å². The molecule has 1 aromatic carbocycles. The summed E-state index contributed by atoms with van der Waals surface area (Å²) in [5, 5.41) is 11.8. The first kappa shape index (κ1) is 19.4. The topological polar surface area (TPSA) is 151 Å². The fourth-order valence-electron chi connectivity index (χ4n) is 1.51. The van der Waals surface area contributed by atoms with Gasteiger partial charge in [0.05, 0.1) is 12.0 Å². The number of rotatable bonds is 5. The maximum atomic E-state index is 12.1.